The summed E-state index contributed by atoms with van der Waals surface area (Å²) < 4.78 is 17.9. The number of hydrogen-bond donors (Lipinski definition) is 1. The van der Waals surface area contributed by atoms with Crippen LogP contribution in [0.5, 0.6) is 11.6 Å². The van der Waals surface area contributed by atoms with Gasteiger partial charge in [0.05, 0.1) is 11.3 Å². The molecule has 1 N–H and O–H groups in total. The number of rotatable bonds is 10. The molecule has 8 nitrogen and oxygen atoms in total. The molecule has 3 heterocycles. The summed E-state index contributed by atoms with van der Waals surface area (Å²) in [5.74, 6) is 0.241. The standard InChI is InChI=1S/C33H43N3O5/c1-22(21-39-25-11-9-8-10-12-25)40-27-14-13-24(19-35-27)26-20-34-23(2)28(30(31(37)38)41-32(3,4)5)29(26)36-17-15-33(6,7)16-18-36/h8-14,19-20,22,30H,15-18,21H2,1-7H3,(H,37,38)/t22-,30+/m1/s1. The fourth-order valence-electron chi connectivity index (χ4n) is 4.98. The van der Waals surface area contributed by atoms with Gasteiger partial charge in [-0.15, -0.1) is 0 Å². The van der Waals surface area contributed by atoms with Crippen LogP contribution in [-0.2, 0) is 9.53 Å². The van der Waals surface area contributed by atoms with E-state index in [0.29, 0.717) is 23.7 Å². The average molecular weight is 562 g/mol. The molecule has 1 aromatic carbocycles. The molecule has 8 heteroatoms. The molecule has 220 valence electrons. The molecule has 0 radical (unpaired) electrons. The molecule has 2 atom stereocenters. The normalized spacial score (nSPS) is 16.6. The van der Waals surface area contributed by atoms with Gasteiger partial charge in [0.1, 0.15) is 18.5 Å². The van der Waals surface area contributed by atoms with Crippen molar-refractivity contribution in [3.63, 3.8) is 0 Å². The van der Waals surface area contributed by atoms with Crippen molar-refractivity contribution in [2.75, 3.05) is 24.6 Å². The topological polar surface area (TPSA) is 94.0 Å². The first-order valence-corrected chi connectivity index (χ1v) is 14.3. The number of anilines is 1. The SMILES string of the molecule is Cc1ncc(-c2ccc(O[C@H](C)COc3ccccc3)nc2)c(N2CCC(C)(C)CC2)c1[C@H](OC(C)(C)C)C(=O)O. The van der Waals surface area contributed by atoms with E-state index in [-0.39, 0.29) is 11.5 Å². The van der Waals surface area contributed by atoms with Gasteiger partial charge in [0.2, 0.25) is 5.88 Å². The number of ether oxygens (including phenoxy) is 3. The number of nitrogens with zero attached hydrogens (tertiary/aromatic N) is 3. The highest BCUT2D eigenvalue weighted by atomic mass is 16.5. The van der Waals surface area contributed by atoms with E-state index in [1.54, 1.807) is 6.20 Å². The average Bonchev–Trinajstić information content (AvgIpc) is 2.91. The van der Waals surface area contributed by atoms with E-state index in [9.17, 15) is 9.90 Å². The molecule has 1 saturated heterocycles. The predicted molar refractivity (Wildman–Crippen MR) is 161 cm³/mol. The van der Waals surface area contributed by atoms with Crippen LogP contribution in [-0.4, -0.2) is 52.4 Å². The quantitative estimate of drug-likeness (QED) is 0.287. The minimum absolute atomic E-state index is 0.209. The summed E-state index contributed by atoms with van der Waals surface area (Å²) in [5, 5.41) is 10.3. The van der Waals surface area contributed by atoms with E-state index in [2.05, 4.69) is 28.7 Å². The third kappa shape index (κ3) is 7.97. The van der Waals surface area contributed by atoms with E-state index in [1.807, 2.05) is 83.3 Å². The number of piperidine rings is 1. The van der Waals surface area contributed by atoms with Gasteiger partial charge in [-0.25, -0.2) is 9.78 Å². The van der Waals surface area contributed by atoms with Gasteiger partial charge in [-0.3, -0.25) is 4.98 Å². The van der Waals surface area contributed by atoms with E-state index in [0.717, 1.165) is 48.5 Å². The maximum atomic E-state index is 12.6. The molecule has 0 aliphatic carbocycles. The van der Waals surface area contributed by atoms with Gasteiger partial charge >= 0.3 is 5.97 Å². The number of carboxylic acids is 1. The third-order valence-electron chi connectivity index (χ3n) is 7.28. The van der Waals surface area contributed by atoms with Gasteiger partial charge in [0.15, 0.2) is 6.10 Å². The van der Waals surface area contributed by atoms with Crippen molar-refractivity contribution in [3.8, 4) is 22.8 Å². The van der Waals surface area contributed by atoms with Crippen LogP contribution in [0.4, 0.5) is 5.69 Å². The Morgan fingerprint density at radius 3 is 2.32 bits per heavy atom. The first kappa shape index (κ1) is 30.3. The molecule has 0 saturated carbocycles. The first-order valence-electron chi connectivity index (χ1n) is 14.3. The summed E-state index contributed by atoms with van der Waals surface area (Å²) in [6.07, 6.45) is 4.21. The lowest BCUT2D eigenvalue weighted by Gasteiger charge is -2.40. The van der Waals surface area contributed by atoms with Gasteiger partial charge in [-0.2, -0.15) is 0 Å². The number of aryl methyl sites for hydroxylation is 1. The summed E-state index contributed by atoms with van der Waals surface area (Å²) in [6.45, 7) is 16.0. The molecule has 0 bridgehead atoms. The van der Waals surface area contributed by atoms with Crippen LogP contribution in [0.3, 0.4) is 0 Å². The number of hydrogen-bond acceptors (Lipinski definition) is 7. The lowest BCUT2D eigenvalue weighted by atomic mass is 9.82. The van der Waals surface area contributed by atoms with Gasteiger partial charge in [-0.1, -0.05) is 32.0 Å². The lowest BCUT2D eigenvalue weighted by Crippen LogP contribution is -2.39. The number of carboxylic acid groups (broad SMARTS) is 1. The minimum atomic E-state index is -1.16. The Morgan fingerprint density at radius 1 is 1.05 bits per heavy atom. The second kappa shape index (κ2) is 12.5. The largest absolute Gasteiger partial charge is 0.490 e. The maximum absolute atomic E-state index is 12.6. The van der Waals surface area contributed by atoms with E-state index >= 15 is 0 Å². The number of pyridine rings is 2. The van der Waals surface area contributed by atoms with Crippen molar-refractivity contribution in [2.24, 2.45) is 5.41 Å². The van der Waals surface area contributed by atoms with Crippen molar-refractivity contribution in [2.45, 2.75) is 79.1 Å². The van der Waals surface area contributed by atoms with Crippen LogP contribution in [0.2, 0.25) is 0 Å². The van der Waals surface area contributed by atoms with Crippen LogP contribution in [0.15, 0.2) is 54.9 Å². The summed E-state index contributed by atoms with van der Waals surface area (Å²) in [7, 11) is 0. The van der Waals surface area contributed by atoms with Crippen molar-refractivity contribution < 1.29 is 24.1 Å². The van der Waals surface area contributed by atoms with Crippen molar-refractivity contribution in [1.82, 2.24) is 9.97 Å². The highest BCUT2D eigenvalue weighted by molar-refractivity contribution is 5.86. The zero-order valence-corrected chi connectivity index (χ0v) is 25.3. The Balaban J connectivity index is 1.66. The number of carbonyl (C=O) groups is 1. The summed E-state index contributed by atoms with van der Waals surface area (Å²) in [6, 6.07) is 13.4. The van der Waals surface area contributed by atoms with E-state index in [4.69, 9.17) is 14.2 Å². The van der Waals surface area contributed by atoms with Crippen molar-refractivity contribution in [3.05, 3.63) is 66.1 Å². The number of aliphatic carboxylic acids is 1. The Morgan fingerprint density at radius 2 is 1.73 bits per heavy atom. The molecule has 1 aliphatic rings. The van der Waals surface area contributed by atoms with E-state index in [1.165, 1.54) is 0 Å². The van der Waals surface area contributed by atoms with Gasteiger partial charge in [-0.05, 0) is 71.1 Å². The molecular formula is C33H43N3O5. The van der Waals surface area contributed by atoms with Crippen molar-refractivity contribution in [1.29, 1.82) is 0 Å². The Hall–Kier alpha value is -3.65. The first-order chi connectivity index (χ1) is 19.3. The maximum Gasteiger partial charge on any atom is 0.337 e. The van der Waals surface area contributed by atoms with Gasteiger partial charge in [0.25, 0.3) is 0 Å². The summed E-state index contributed by atoms with van der Waals surface area (Å²) in [4.78, 5) is 24.1. The minimum Gasteiger partial charge on any atom is -0.490 e. The molecule has 0 spiro atoms. The van der Waals surface area contributed by atoms with Crippen LogP contribution < -0.4 is 14.4 Å². The number of para-hydroxylation sites is 1. The summed E-state index contributed by atoms with van der Waals surface area (Å²) >= 11 is 0. The van der Waals surface area contributed by atoms with Crippen molar-refractivity contribution >= 4 is 11.7 Å². The predicted octanol–water partition coefficient (Wildman–Crippen LogP) is 6.87. The highest BCUT2D eigenvalue weighted by Gasteiger charge is 2.35. The molecular weight excluding hydrogens is 518 g/mol. The monoisotopic (exact) mass is 561 g/mol. The van der Waals surface area contributed by atoms with E-state index < -0.39 is 17.7 Å². The zero-order chi connectivity index (χ0) is 29.8. The fourth-order valence-corrected chi connectivity index (χ4v) is 4.98. The van der Waals surface area contributed by atoms with Crippen LogP contribution in [0.1, 0.15) is 71.7 Å². The Labute approximate surface area is 243 Å². The Kier molecular flexibility index (Phi) is 9.22. The van der Waals surface area contributed by atoms with Crippen LogP contribution >= 0.6 is 0 Å². The molecule has 1 fully saturated rings. The molecule has 0 unspecified atom stereocenters. The molecule has 3 aromatic rings. The lowest BCUT2D eigenvalue weighted by molar-refractivity contribution is -0.160. The van der Waals surface area contributed by atoms with Gasteiger partial charge in [0, 0.05) is 53.9 Å². The second-order valence-corrected chi connectivity index (χ2v) is 12.6. The molecule has 41 heavy (non-hydrogen) atoms. The zero-order valence-electron chi connectivity index (χ0n) is 25.3. The number of benzene rings is 1. The molecule has 4 rings (SSSR count). The molecule has 0 amide bonds. The summed E-state index contributed by atoms with van der Waals surface area (Å²) in [5.41, 5.74) is 3.32. The number of aromatic nitrogens is 2. The van der Waals surface area contributed by atoms with Crippen LogP contribution in [0.25, 0.3) is 11.1 Å². The molecule has 2 aromatic heterocycles. The second-order valence-electron chi connectivity index (χ2n) is 12.6. The Bertz CT molecular complexity index is 1310. The van der Waals surface area contributed by atoms with Gasteiger partial charge < -0.3 is 24.2 Å². The fraction of sp³-hybridized carbons (Fsp3) is 0.485. The highest BCUT2D eigenvalue weighted by Crippen LogP contribution is 2.43. The third-order valence-corrected chi connectivity index (χ3v) is 7.28. The smallest absolute Gasteiger partial charge is 0.337 e. The van der Waals surface area contributed by atoms with Crippen LogP contribution in [0, 0.1) is 12.3 Å². The molecule has 1 aliphatic heterocycles.